The highest BCUT2D eigenvalue weighted by molar-refractivity contribution is 5.78. The van der Waals surface area contributed by atoms with Crippen molar-refractivity contribution < 1.29 is 9.53 Å². The Balaban J connectivity index is 1.47. The van der Waals surface area contributed by atoms with Crippen molar-refractivity contribution in [3.8, 4) is 0 Å². The number of fused-ring (bicyclic) bond motifs is 1. The summed E-state index contributed by atoms with van der Waals surface area (Å²) in [5.41, 5.74) is 1.86. The summed E-state index contributed by atoms with van der Waals surface area (Å²) in [5, 5.41) is 4.37. The Kier molecular flexibility index (Phi) is 4.30. The van der Waals surface area contributed by atoms with Crippen molar-refractivity contribution in [3.05, 3.63) is 48.0 Å². The van der Waals surface area contributed by atoms with Crippen LogP contribution in [0.2, 0.25) is 0 Å². The topological polar surface area (TPSA) is 60.2 Å². The summed E-state index contributed by atoms with van der Waals surface area (Å²) in [4.78, 5) is 18.9. The first-order valence-electron chi connectivity index (χ1n) is 8.58. The summed E-state index contributed by atoms with van der Waals surface area (Å²) in [6, 6.07) is 7.64. The van der Waals surface area contributed by atoms with Gasteiger partial charge in [-0.15, -0.1) is 0 Å². The Morgan fingerprint density at radius 2 is 2.12 bits per heavy atom. The highest BCUT2D eigenvalue weighted by atomic mass is 16.5. The zero-order valence-corrected chi connectivity index (χ0v) is 13.7. The van der Waals surface area contributed by atoms with E-state index >= 15 is 0 Å². The second-order valence-corrected chi connectivity index (χ2v) is 6.68. The smallest absolute Gasteiger partial charge is 0.229 e. The molecule has 1 unspecified atom stereocenters. The molecule has 1 aliphatic heterocycles. The molecule has 2 aliphatic rings. The van der Waals surface area contributed by atoms with Crippen LogP contribution in [-0.4, -0.2) is 44.8 Å². The molecule has 6 heteroatoms. The molecule has 1 amide bonds. The van der Waals surface area contributed by atoms with E-state index in [0.29, 0.717) is 32.0 Å². The minimum Gasteiger partial charge on any atom is -0.374 e. The van der Waals surface area contributed by atoms with E-state index in [4.69, 9.17) is 4.74 Å². The molecule has 0 bridgehead atoms. The molecule has 0 spiro atoms. The molecule has 24 heavy (non-hydrogen) atoms. The maximum absolute atomic E-state index is 12.7. The first-order chi connectivity index (χ1) is 11.8. The molecule has 2 aromatic rings. The van der Waals surface area contributed by atoms with Gasteiger partial charge in [-0.2, -0.15) is 5.10 Å². The number of amides is 1. The van der Waals surface area contributed by atoms with Gasteiger partial charge in [0.2, 0.25) is 5.91 Å². The van der Waals surface area contributed by atoms with Gasteiger partial charge in [0.05, 0.1) is 31.3 Å². The summed E-state index contributed by atoms with van der Waals surface area (Å²) >= 11 is 0. The number of carbonyl (C=O) groups excluding carboxylic acids is 1. The van der Waals surface area contributed by atoms with Gasteiger partial charge in [0.25, 0.3) is 0 Å². The molecule has 1 atom stereocenters. The van der Waals surface area contributed by atoms with Crippen LogP contribution < -0.4 is 0 Å². The Labute approximate surface area is 141 Å². The van der Waals surface area contributed by atoms with E-state index in [2.05, 4.69) is 10.1 Å². The summed E-state index contributed by atoms with van der Waals surface area (Å²) in [6.45, 7) is 2.70. The fraction of sp³-hybridized carbons (Fsp3) is 0.500. The predicted molar refractivity (Wildman–Crippen MR) is 88.0 cm³/mol. The van der Waals surface area contributed by atoms with Crippen molar-refractivity contribution in [2.75, 3.05) is 13.2 Å². The van der Waals surface area contributed by atoms with Crippen molar-refractivity contribution in [1.82, 2.24) is 19.7 Å². The highest BCUT2D eigenvalue weighted by Gasteiger charge is 2.28. The normalized spacial score (nSPS) is 20.5. The lowest BCUT2D eigenvalue weighted by molar-refractivity contribution is -0.133. The van der Waals surface area contributed by atoms with Gasteiger partial charge in [0.15, 0.2) is 0 Å². The van der Waals surface area contributed by atoms with Gasteiger partial charge in [-0.1, -0.05) is 6.07 Å². The first kappa shape index (κ1) is 15.3. The van der Waals surface area contributed by atoms with Gasteiger partial charge in [-0.05, 0) is 37.0 Å². The number of hydrogen-bond acceptors (Lipinski definition) is 4. The number of hydrogen-bond donors (Lipinski definition) is 0. The third-order valence-electron chi connectivity index (χ3n) is 4.63. The van der Waals surface area contributed by atoms with E-state index < -0.39 is 0 Å². The zero-order chi connectivity index (χ0) is 16.4. The van der Waals surface area contributed by atoms with Crippen molar-refractivity contribution >= 4 is 5.91 Å². The molecule has 6 nitrogen and oxygen atoms in total. The largest absolute Gasteiger partial charge is 0.374 e. The second-order valence-electron chi connectivity index (χ2n) is 6.68. The van der Waals surface area contributed by atoms with E-state index in [0.717, 1.165) is 18.0 Å². The molecular formula is C18H22N4O2. The van der Waals surface area contributed by atoms with Crippen molar-refractivity contribution in [2.45, 2.75) is 38.5 Å². The second kappa shape index (κ2) is 6.73. The van der Waals surface area contributed by atoms with Gasteiger partial charge in [0, 0.05) is 31.2 Å². The monoisotopic (exact) mass is 326 g/mol. The van der Waals surface area contributed by atoms with Gasteiger partial charge >= 0.3 is 0 Å². The molecule has 0 radical (unpaired) electrons. The number of rotatable bonds is 5. The average molecular weight is 326 g/mol. The zero-order valence-electron chi connectivity index (χ0n) is 13.7. The first-order valence-corrected chi connectivity index (χ1v) is 8.58. The lowest BCUT2D eigenvalue weighted by Crippen LogP contribution is -2.38. The van der Waals surface area contributed by atoms with Gasteiger partial charge in [-0.3, -0.25) is 14.5 Å². The number of aromatic nitrogens is 3. The van der Waals surface area contributed by atoms with Crippen LogP contribution in [0.15, 0.2) is 36.7 Å². The van der Waals surface area contributed by atoms with Crippen molar-refractivity contribution in [1.29, 1.82) is 0 Å². The number of ether oxygens (including phenoxy) is 1. The van der Waals surface area contributed by atoms with E-state index in [1.807, 2.05) is 33.8 Å². The third-order valence-corrected chi connectivity index (χ3v) is 4.63. The van der Waals surface area contributed by atoms with Crippen LogP contribution in [-0.2, 0) is 29.0 Å². The molecule has 0 N–H and O–H groups in total. The van der Waals surface area contributed by atoms with E-state index in [-0.39, 0.29) is 12.0 Å². The molecule has 1 fully saturated rings. The fourth-order valence-corrected chi connectivity index (χ4v) is 3.04. The van der Waals surface area contributed by atoms with Gasteiger partial charge in [-0.25, -0.2) is 0 Å². The highest BCUT2D eigenvalue weighted by Crippen LogP contribution is 2.29. The molecule has 2 aromatic heterocycles. The summed E-state index contributed by atoms with van der Waals surface area (Å²) < 4.78 is 8.04. The van der Waals surface area contributed by atoms with Crippen LogP contribution in [0.25, 0.3) is 0 Å². The van der Waals surface area contributed by atoms with Crippen LogP contribution in [0, 0.1) is 5.92 Å². The molecule has 4 rings (SSSR count). The minimum atomic E-state index is -0.000525. The quantitative estimate of drug-likeness (QED) is 0.838. The van der Waals surface area contributed by atoms with E-state index in [9.17, 15) is 4.79 Å². The molecule has 0 saturated heterocycles. The Hall–Kier alpha value is -2.21. The Bertz CT molecular complexity index is 696. The van der Waals surface area contributed by atoms with E-state index in [1.165, 1.54) is 12.8 Å². The number of nitrogens with zero attached hydrogens (tertiary/aromatic N) is 4. The van der Waals surface area contributed by atoms with Crippen LogP contribution in [0.4, 0.5) is 0 Å². The maximum Gasteiger partial charge on any atom is 0.229 e. The van der Waals surface area contributed by atoms with Crippen molar-refractivity contribution in [2.24, 2.45) is 5.92 Å². The van der Waals surface area contributed by atoms with Crippen LogP contribution in [0.5, 0.6) is 0 Å². The summed E-state index contributed by atoms with van der Waals surface area (Å²) in [7, 11) is 0. The number of pyridine rings is 1. The lowest BCUT2D eigenvalue weighted by atomic mass is 10.2. The predicted octanol–water partition coefficient (Wildman–Crippen LogP) is 1.66. The van der Waals surface area contributed by atoms with Crippen LogP contribution in [0.1, 0.15) is 24.2 Å². The maximum atomic E-state index is 12.7. The minimum absolute atomic E-state index is 0.000525. The average Bonchev–Trinajstić information content (AvgIpc) is 3.36. The van der Waals surface area contributed by atoms with Gasteiger partial charge in [0.1, 0.15) is 0 Å². The Morgan fingerprint density at radius 1 is 1.21 bits per heavy atom. The van der Waals surface area contributed by atoms with E-state index in [1.54, 1.807) is 12.4 Å². The number of carbonyl (C=O) groups is 1. The van der Waals surface area contributed by atoms with Gasteiger partial charge < -0.3 is 9.64 Å². The standard InChI is InChI=1S/C18H22N4O2/c23-18(9-15-3-1-2-7-19-15)21-10-16-6-8-20-22(16)12-17(11-21)24-13-14-4-5-14/h1-3,6-8,14,17H,4-5,9-13H2. The third kappa shape index (κ3) is 3.64. The molecule has 1 aliphatic carbocycles. The van der Waals surface area contributed by atoms with Crippen molar-refractivity contribution in [3.63, 3.8) is 0 Å². The Morgan fingerprint density at radius 3 is 2.92 bits per heavy atom. The lowest BCUT2D eigenvalue weighted by Gasteiger charge is -2.24. The fourth-order valence-electron chi connectivity index (χ4n) is 3.04. The molecule has 0 aromatic carbocycles. The summed E-state index contributed by atoms with van der Waals surface area (Å²) in [5.74, 6) is 0.798. The molecule has 1 saturated carbocycles. The van der Waals surface area contributed by atoms with Crippen LogP contribution >= 0.6 is 0 Å². The molecule has 126 valence electrons. The molecular weight excluding hydrogens is 304 g/mol. The van der Waals surface area contributed by atoms with Crippen LogP contribution in [0.3, 0.4) is 0 Å². The SMILES string of the molecule is O=C(Cc1ccccn1)N1Cc2ccnn2CC(OCC2CC2)C1. The molecule has 3 heterocycles. The summed E-state index contributed by atoms with van der Waals surface area (Å²) in [6.07, 6.45) is 6.37.